The lowest BCUT2D eigenvalue weighted by molar-refractivity contribution is -0.167. The first-order chi connectivity index (χ1) is 17.7. The van der Waals surface area contributed by atoms with Crippen LogP contribution in [0.4, 0.5) is 0 Å². The number of aryl methyl sites for hydroxylation is 1. The van der Waals surface area contributed by atoms with E-state index in [1.54, 1.807) is 32.9 Å². The third kappa shape index (κ3) is 7.75. The number of esters is 2. The predicted molar refractivity (Wildman–Crippen MR) is 140 cm³/mol. The van der Waals surface area contributed by atoms with Gasteiger partial charge in [-0.15, -0.1) is 0 Å². The molecule has 0 spiro atoms. The van der Waals surface area contributed by atoms with Crippen molar-refractivity contribution >= 4 is 27.7 Å². The van der Waals surface area contributed by atoms with Crippen molar-refractivity contribution in [1.82, 2.24) is 10.0 Å². The number of allylic oxidation sites excluding steroid dienone is 3. The van der Waals surface area contributed by atoms with Crippen molar-refractivity contribution in [3.05, 3.63) is 53.8 Å². The van der Waals surface area contributed by atoms with E-state index in [1.165, 1.54) is 30.4 Å². The second-order valence-electron chi connectivity index (χ2n) is 10.7. The van der Waals surface area contributed by atoms with E-state index in [1.807, 2.05) is 6.92 Å². The van der Waals surface area contributed by atoms with Gasteiger partial charge < -0.3 is 19.9 Å². The van der Waals surface area contributed by atoms with Crippen molar-refractivity contribution in [2.45, 2.75) is 76.0 Å². The largest absolute Gasteiger partial charge is 0.508 e. The molecular formula is C27H36N2O8S. The molecule has 1 heterocycles. The quantitative estimate of drug-likeness (QED) is 0.375. The molecule has 1 aliphatic heterocycles. The van der Waals surface area contributed by atoms with Gasteiger partial charge in [-0.3, -0.25) is 9.59 Å². The number of ketones is 1. The van der Waals surface area contributed by atoms with E-state index in [9.17, 15) is 27.9 Å². The summed E-state index contributed by atoms with van der Waals surface area (Å²) in [7, 11) is -4.20. The Balaban J connectivity index is 1.91. The molecule has 1 aromatic rings. The summed E-state index contributed by atoms with van der Waals surface area (Å²) in [5.74, 6) is -2.06. The fraction of sp³-hybridized carbons (Fsp3) is 0.519. The first-order valence-corrected chi connectivity index (χ1v) is 14.0. The molecule has 208 valence electrons. The highest BCUT2D eigenvalue weighted by atomic mass is 32.2. The molecule has 0 amide bonds. The maximum absolute atomic E-state index is 13.7. The summed E-state index contributed by atoms with van der Waals surface area (Å²) >= 11 is 0. The van der Waals surface area contributed by atoms with E-state index < -0.39 is 51.7 Å². The van der Waals surface area contributed by atoms with E-state index in [0.717, 1.165) is 12.0 Å². The average molecular weight is 549 g/mol. The first-order valence-electron chi connectivity index (χ1n) is 12.5. The number of aliphatic hydroxyl groups is 1. The van der Waals surface area contributed by atoms with Crippen molar-refractivity contribution in [1.29, 1.82) is 0 Å². The van der Waals surface area contributed by atoms with Crippen LogP contribution in [-0.2, 0) is 33.9 Å². The lowest BCUT2D eigenvalue weighted by Gasteiger charge is -2.35. The zero-order valence-electron chi connectivity index (χ0n) is 22.2. The van der Waals surface area contributed by atoms with Crippen LogP contribution in [0, 0.1) is 12.3 Å². The third-order valence-electron chi connectivity index (χ3n) is 6.35. The standard InChI is InChI=1S/C27H36N2O8S/c1-18-7-9-20(10-8-18)38(34,35)29-22(25(33)36-17-23(31)37-26(2,3)4)16-27(13-11-19(30)12-14-27)24(32)21-6-5-15-28-21/h7-13,21-22,28-30H,5-6,14-17H2,1-4H3/t21-,22-,27?/m0/s1. The van der Waals surface area contributed by atoms with Crippen molar-refractivity contribution in [2.75, 3.05) is 13.2 Å². The second-order valence-corrected chi connectivity index (χ2v) is 12.4. The highest BCUT2D eigenvalue weighted by Crippen LogP contribution is 2.38. The number of hydrogen-bond donors (Lipinski definition) is 3. The van der Waals surface area contributed by atoms with Gasteiger partial charge in [-0.1, -0.05) is 23.8 Å². The lowest BCUT2D eigenvalue weighted by atomic mass is 9.70. The minimum absolute atomic E-state index is 0.0305. The van der Waals surface area contributed by atoms with Gasteiger partial charge in [0.25, 0.3) is 0 Å². The minimum Gasteiger partial charge on any atom is -0.508 e. The Morgan fingerprint density at radius 1 is 1.21 bits per heavy atom. The maximum Gasteiger partial charge on any atom is 0.344 e. The Bertz CT molecular complexity index is 1210. The van der Waals surface area contributed by atoms with E-state index >= 15 is 0 Å². The summed E-state index contributed by atoms with van der Waals surface area (Å²) < 4.78 is 39.2. The van der Waals surface area contributed by atoms with E-state index in [0.29, 0.717) is 13.0 Å². The summed E-state index contributed by atoms with van der Waals surface area (Å²) in [5, 5.41) is 13.1. The first kappa shape index (κ1) is 29.5. The Hall–Kier alpha value is -3.02. The molecular weight excluding hydrogens is 512 g/mol. The van der Waals surface area contributed by atoms with Crippen molar-refractivity contribution in [3.63, 3.8) is 0 Å². The Morgan fingerprint density at radius 3 is 2.45 bits per heavy atom. The summed E-state index contributed by atoms with van der Waals surface area (Å²) in [6.07, 6.45) is 5.54. The van der Waals surface area contributed by atoms with Crippen LogP contribution < -0.4 is 10.0 Å². The lowest BCUT2D eigenvalue weighted by Crippen LogP contribution is -2.50. The number of rotatable bonds is 10. The van der Waals surface area contributed by atoms with Crippen LogP contribution in [0.1, 0.15) is 52.0 Å². The fourth-order valence-electron chi connectivity index (χ4n) is 4.47. The summed E-state index contributed by atoms with van der Waals surface area (Å²) in [4.78, 5) is 39.0. The summed E-state index contributed by atoms with van der Waals surface area (Å²) in [6.45, 7) is 6.74. The Morgan fingerprint density at radius 2 is 1.89 bits per heavy atom. The predicted octanol–water partition coefficient (Wildman–Crippen LogP) is 2.63. The fourth-order valence-corrected chi connectivity index (χ4v) is 5.65. The molecule has 38 heavy (non-hydrogen) atoms. The summed E-state index contributed by atoms with van der Waals surface area (Å²) in [6, 6.07) is 4.08. The van der Waals surface area contributed by atoms with E-state index in [4.69, 9.17) is 9.47 Å². The number of benzene rings is 1. The number of hydrogen-bond acceptors (Lipinski definition) is 9. The molecule has 0 saturated carbocycles. The molecule has 1 saturated heterocycles. The highest BCUT2D eigenvalue weighted by Gasteiger charge is 2.45. The molecule has 11 heteroatoms. The van der Waals surface area contributed by atoms with Gasteiger partial charge >= 0.3 is 11.9 Å². The van der Waals surface area contributed by atoms with Crippen molar-refractivity contribution in [3.8, 4) is 0 Å². The average Bonchev–Trinajstić information content (AvgIpc) is 3.37. The van der Waals surface area contributed by atoms with Crippen molar-refractivity contribution in [2.24, 2.45) is 5.41 Å². The molecule has 3 rings (SSSR count). The van der Waals surface area contributed by atoms with Crippen LogP contribution >= 0.6 is 0 Å². The van der Waals surface area contributed by atoms with Gasteiger partial charge in [0, 0.05) is 0 Å². The molecule has 0 aromatic heterocycles. The third-order valence-corrected chi connectivity index (χ3v) is 7.84. The van der Waals surface area contributed by atoms with Gasteiger partial charge in [0.2, 0.25) is 10.0 Å². The van der Waals surface area contributed by atoms with Crippen molar-refractivity contribution < 1.29 is 37.4 Å². The van der Waals surface area contributed by atoms with Crippen LogP contribution in [0.25, 0.3) is 0 Å². The van der Waals surface area contributed by atoms with Crippen LogP contribution in [0.3, 0.4) is 0 Å². The molecule has 0 bridgehead atoms. The highest BCUT2D eigenvalue weighted by molar-refractivity contribution is 7.89. The maximum atomic E-state index is 13.7. The Labute approximate surface area is 223 Å². The van der Waals surface area contributed by atoms with Crippen LogP contribution in [-0.4, -0.2) is 62.1 Å². The van der Waals surface area contributed by atoms with Gasteiger partial charge in [-0.25, -0.2) is 13.2 Å². The molecule has 10 nitrogen and oxygen atoms in total. The number of nitrogens with one attached hydrogen (secondary N) is 2. The van der Waals surface area contributed by atoms with Crippen LogP contribution in [0.2, 0.25) is 0 Å². The number of carbonyl (C=O) groups is 3. The number of Topliss-reactive ketones (excluding diaryl/α,β-unsaturated/α-hetero) is 1. The minimum atomic E-state index is -4.20. The summed E-state index contributed by atoms with van der Waals surface area (Å²) in [5.41, 5.74) is -1.24. The SMILES string of the molecule is Cc1ccc(S(=O)(=O)N[C@@H](CC2(C(=O)[C@@H]3CCCN3)C=CC(O)=CC2)C(=O)OCC(=O)OC(C)(C)C)cc1. The van der Waals surface area contributed by atoms with Crippen LogP contribution in [0.15, 0.2) is 53.1 Å². The molecule has 3 N–H and O–H groups in total. The number of carbonyl (C=O) groups excluding carboxylic acids is 3. The molecule has 3 atom stereocenters. The number of sulfonamides is 1. The number of aliphatic hydroxyl groups excluding tert-OH is 1. The topological polar surface area (TPSA) is 148 Å². The van der Waals surface area contributed by atoms with Crippen LogP contribution in [0.5, 0.6) is 0 Å². The molecule has 0 radical (unpaired) electrons. The zero-order chi connectivity index (χ0) is 28.1. The Kier molecular flexibility index (Phi) is 9.17. The molecule has 1 aromatic carbocycles. The monoisotopic (exact) mass is 548 g/mol. The molecule has 1 fully saturated rings. The molecule has 2 aliphatic rings. The van der Waals surface area contributed by atoms with E-state index in [2.05, 4.69) is 10.0 Å². The van der Waals surface area contributed by atoms with Gasteiger partial charge in [-0.2, -0.15) is 4.72 Å². The second kappa shape index (κ2) is 11.8. The van der Waals surface area contributed by atoms with Gasteiger partial charge in [0.05, 0.1) is 16.4 Å². The van der Waals surface area contributed by atoms with Gasteiger partial charge in [0.1, 0.15) is 17.4 Å². The normalized spacial score (nSPS) is 22.4. The smallest absolute Gasteiger partial charge is 0.344 e. The van der Waals surface area contributed by atoms with Gasteiger partial charge in [0.15, 0.2) is 12.4 Å². The molecule has 1 unspecified atom stereocenters. The molecule has 1 aliphatic carbocycles. The number of ether oxygens (including phenoxy) is 2. The zero-order valence-corrected chi connectivity index (χ0v) is 23.0. The van der Waals surface area contributed by atoms with E-state index in [-0.39, 0.29) is 29.3 Å². The van der Waals surface area contributed by atoms with Gasteiger partial charge in [-0.05, 0) is 84.2 Å².